The van der Waals surface area contributed by atoms with Crippen LogP contribution in [0.4, 0.5) is 0 Å². The van der Waals surface area contributed by atoms with E-state index in [1.165, 1.54) is 29.2 Å². The molecule has 0 radical (unpaired) electrons. The van der Waals surface area contributed by atoms with Gasteiger partial charge < -0.3 is 10.1 Å². The smallest absolute Gasteiger partial charge is 0.126 e. The van der Waals surface area contributed by atoms with Crippen LogP contribution in [-0.2, 0) is 0 Å². The van der Waals surface area contributed by atoms with Gasteiger partial charge in [0.25, 0.3) is 0 Å². The molecule has 0 aromatic heterocycles. The molecule has 3 rings (SSSR count). The summed E-state index contributed by atoms with van der Waals surface area (Å²) in [5.41, 5.74) is 1.24. The zero-order valence-electron chi connectivity index (χ0n) is 11.2. The minimum atomic E-state index is 0.761. The molecule has 1 fully saturated rings. The highest BCUT2D eigenvalue weighted by atomic mass is 16.5. The monoisotopic (exact) mass is 253 g/mol. The Morgan fingerprint density at radius 1 is 1.16 bits per heavy atom. The van der Waals surface area contributed by atoms with E-state index < -0.39 is 0 Å². The van der Waals surface area contributed by atoms with Gasteiger partial charge >= 0.3 is 0 Å². The van der Waals surface area contributed by atoms with Crippen molar-refractivity contribution < 1.29 is 4.74 Å². The SMILES string of the molecule is COc1ccc(C=CCNC2CC2)c2ccccc12. The van der Waals surface area contributed by atoms with Crippen LogP contribution < -0.4 is 10.1 Å². The fourth-order valence-electron chi connectivity index (χ4n) is 2.33. The highest BCUT2D eigenvalue weighted by molar-refractivity contribution is 5.94. The van der Waals surface area contributed by atoms with E-state index in [0.29, 0.717) is 0 Å². The van der Waals surface area contributed by atoms with E-state index in [0.717, 1.165) is 18.3 Å². The molecule has 1 N–H and O–H groups in total. The van der Waals surface area contributed by atoms with Crippen LogP contribution in [0.1, 0.15) is 18.4 Å². The summed E-state index contributed by atoms with van der Waals surface area (Å²) >= 11 is 0. The average Bonchev–Trinajstić information content (AvgIpc) is 3.27. The molecule has 98 valence electrons. The third-order valence-electron chi connectivity index (χ3n) is 3.54. The van der Waals surface area contributed by atoms with Gasteiger partial charge in [-0.15, -0.1) is 0 Å². The molecular weight excluding hydrogens is 234 g/mol. The number of nitrogens with one attached hydrogen (secondary N) is 1. The minimum Gasteiger partial charge on any atom is -0.496 e. The van der Waals surface area contributed by atoms with E-state index in [1.54, 1.807) is 7.11 Å². The highest BCUT2D eigenvalue weighted by Crippen LogP contribution is 2.28. The summed E-state index contributed by atoms with van der Waals surface area (Å²) in [6, 6.07) is 13.3. The van der Waals surface area contributed by atoms with Gasteiger partial charge in [0, 0.05) is 18.0 Å². The van der Waals surface area contributed by atoms with Gasteiger partial charge in [-0.3, -0.25) is 0 Å². The van der Waals surface area contributed by atoms with Gasteiger partial charge in [-0.05, 0) is 29.9 Å². The lowest BCUT2D eigenvalue weighted by molar-refractivity contribution is 0.420. The second kappa shape index (κ2) is 5.45. The molecule has 0 atom stereocenters. The van der Waals surface area contributed by atoms with Crippen molar-refractivity contribution in [2.45, 2.75) is 18.9 Å². The van der Waals surface area contributed by atoms with Crippen LogP contribution >= 0.6 is 0 Å². The Morgan fingerprint density at radius 2 is 1.95 bits per heavy atom. The van der Waals surface area contributed by atoms with Crippen molar-refractivity contribution in [3.63, 3.8) is 0 Å². The maximum Gasteiger partial charge on any atom is 0.126 e. The third kappa shape index (κ3) is 2.79. The van der Waals surface area contributed by atoms with Crippen molar-refractivity contribution in [3.8, 4) is 5.75 Å². The predicted molar refractivity (Wildman–Crippen MR) is 80.6 cm³/mol. The first-order valence-corrected chi connectivity index (χ1v) is 6.84. The summed E-state index contributed by atoms with van der Waals surface area (Å²) in [6.45, 7) is 0.949. The van der Waals surface area contributed by atoms with Gasteiger partial charge in [-0.1, -0.05) is 42.5 Å². The molecule has 0 unspecified atom stereocenters. The molecule has 1 aliphatic rings. The number of benzene rings is 2. The van der Waals surface area contributed by atoms with Crippen molar-refractivity contribution in [3.05, 3.63) is 48.0 Å². The minimum absolute atomic E-state index is 0.761. The van der Waals surface area contributed by atoms with E-state index in [2.05, 4.69) is 41.7 Å². The van der Waals surface area contributed by atoms with Gasteiger partial charge in [-0.2, -0.15) is 0 Å². The Balaban J connectivity index is 1.85. The molecular formula is C17H19NO. The standard InChI is InChI=1S/C17H19NO/c1-19-17-11-8-13(5-4-12-18-14-9-10-14)15-6-2-3-7-16(15)17/h2-8,11,14,18H,9-10,12H2,1H3. The molecule has 2 aromatic rings. The van der Waals surface area contributed by atoms with Crippen molar-refractivity contribution in [1.29, 1.82) is 0 Å². The van der Waals surface area contributed by atoms with Crippen LogP contribution in [-0.4, -0.2) is 19.7 Å². The van der Waals surface area contributed by atoms with Gasteiger partial charge in [0.2, 0.25) is 0 Å². The number of methoxy groups -OCH3 is 1. The maximum atomic E-state index is 5.41. The Kier molecular flexibility index (Phi) is 3.51. The van der Waals surface area contributed by atoms with Gasteiger partial charge in [-0.25, -0.2) is 0 Å². The van der Waals surface area contributed by atoms with Crippen LogP contribution in [0.3, 0.4) is 0 Å². The Bertz CT molecular complexity index is 599. The first-order valence-electron chi connectivity index (χ1n) is 6.84. The fraction of sp³-hybridized carbons (Fsp3) is 0.294. The first-order chi connectivity index (χ1) is 9.38. The Hall–Kier alpha value is -1.80. The second-order valence-corrected chi connectivity index (χ2v) is 4.99. The zero-order valence-corrected chi connectivity index (χ0v) is 11.2. The Labute approximate surface area is 114 Å². The lowest BCUT2D eigenvalue weighted by Crippen LogP contribution is -2.15. The number of fused-ring (bicyclic) bond motifs is 1. The van der Waals surface area contributed by atoms with E-state index in [9.17, 15) is 0 Å². The zero-order chi connectivity index (χ0) is 13.1. The molecule has 1 aliphatic carbocycles. The van der Waals surface area contributed by atoms with Crippen LogP contribution in [0.25, 0.3) is 16.8 Å². The molecule has 2 aromatic carbocycles. The van der Waals surface area contributed by atoms with E-state index in [4.69, 9.17) is 4.74 Å². The van der Waals surface area contributed by atoms with E-state index >= 15 is 0 Å². The molecule has 19 heavy (non-hydrogen) atoms. The van der Waals surface area contributed by atoms with Crippen LogP contribution in [0.2, 0.25) is 0 Å². The lowest BCUT2D eigenvalue weighted by Gasteiger charge is -2.08. The summed E-state index contributed by atoms with van der Waals surface area (Å²) < 4.78 is 5.41. The molecule has 1 saturated carbocycles. The number of hydrogen-bond acceptors (Lipinski definition) is 2. The highest BCUT2D eigenvalue weighted by Gasteiger charge is 2.18. The van der Waals surface area contributed by atoms with E-state index in [-0.39, 0.29) is 0 Å². The molecule has 2 nitrogen and oxygen atoms in total. The maximum absolute atomic E-state index is 5.41. The van der Waals surface area contributed by atoms with Crippen LogP contribution in [0, 0.1) is 0 Å². The lowest BCUT2D eigenvalue weighted by atomic mass is 10.0. The molecule has 0 spiro atoms. The van der Waals surface area contributed by atoms with Gasteiger partial charge in [0.05, 0.1) is 7.11 Å². The summed E-state index contributed by atoms with van der Waals surface area (Å²) in [6.07, 6.45) is 7.06. The predicted octanol–water partition coefficient (Wildman–Crippen LogP) is 3.61. The van der Waals surface area contributed by atoms with Crippen LogP contribution in [0.5, 0.6) is 5.75 Å². The third-order valence-corrected chi connectivity index (χ3v) is 3.54. The molecule has 2 heteroatoms. The molecule has 0 aliphatic heterocycles. The topological polar surface area (TPSA) is 21.3 Å². The second-order valence-electron chi connectivity index (χ2n) is 4.99. The van der Waals surface area contributed by atoms with Gasteiger partial charge in [0.1, 0.15) is 5.75 Å². The van der Waals surface area contributed by atoms with Crippen molar-refractivity contribution in [1.82, 2.24) is 5.32 Å². The van der Waals surface area contributed by atoms with E-state index in [1.807, 2.05) is 12.1 Å². The summed E-state index contributed by atoms with van der Waals surface area (Å²) in [5, 5.41) is 5.90. The number of ether oxygens (including phenoxy) is 1. The van der Waals surface area contributed by atoms with Crippen molar-refractivity contribution >= 4 is 16.8 Å². The van der Waals surface area contributed by atoms with Crippen molar-refractivity contribution in [2.24, 2.45) is 0 Å². The summed E-state index contributed by atoms with van der Waals surface area (Å²) in [5.74, 6) is 0.934. The van der Waals surface area contributed by atoms with Gasteiger partial charge in [0.15, 0.2) is 0 Å². The normalized spacial score (nSPS) is 15.2. The van der Waals surface area contributed by atoms with Crippen LogP contribution in [0.15, 0.2) is 42.5 Å². The number of hydrogen-bond donors (Lipinski definition) is 1. The Morgan fingerprint density at radius 3 is 2.68 bits per heavy atom. The quantitative estimate of drug-likeness (QED) is 0.879. The fourth-order valence-corrected chi connectivity index (χ4v) is 2.33. The average molecular weight is 253 g/mol. The molecule has 0 amide bonds. The summed E-state index contributed by atoms with van der Waals surface area (Å²) in [4.78, 5) is 0. The molecule has 0 bridgehead atoms. The first kappa shape index (κ1) is 12.2. The largest absolute Gasteiger partial charge is 0.496 e. The molecule has 0 heterocycles. The molecule has 0 saturated heterocycles. The summed E-state index contributed by atoms with van der Waals surface area (Å²) in [7, 11) is 1.72. The van der Waals surface area contributed by atoms with Crippen molar-refractivity contribution in [2.75, 3.05) is 13.7 Å². The number of rotatable bonds is 5.